The molecule has 4 rings (SSSR count). The van der Waals surface area contributed by atoms with Gasteiger partial charge in [-0.05, 0) is 36.4 Å². The Labute approximate surface area is 185 Å². The smallest absolute Gasteiger partial charge is 0.325 e. The summed E-state index contributed by atoms with van der Waals surface area (Å²) < 4.78 is 3.10. The van der Waals surface area contributed by atoms with Crippen LogP contribution in [0.2, 0.25) is 10.0 Å². The van der Waals surface area contributed by atoms with E-state index in [2.05, 4.69) is 20.5 Å². The minimum atomic E-state index is -0.212. The second-order valence-electron chi connectivity index (χ2n) is 6.53. The first-order valence-corrected chi connectivity index (χ1v) is 10.5. The quantitative estimate of drug-likeness (QED) is 0.440. The second-order valence-corrected chi connectivity index (χ2v) is 8.32. The monoisotopic (exact) mass is 462 g/mol. The summed E-state index contributed by atoms with van der Waals surface area (Å²) in [4.78, 5) is 28.7. The Balaban J connectivity index is 1.42. The van der Waals surface area contributed by atoms with Gasteiger partial charge in [0.05, 0.1) is 21.8 Å². The fourth-order valence-corrected chi connectivity index (χ4v) is 4.12. The van der Waals surface area contributed by atoms with E-state index in [9.17, 15) is 9.59 Å². The predicted octanol–water partition coefficient (Wildman–Crippen LogP) is 3.70. The van der Waals surface area contributed by atoms with Crippen LogP contribution in [-0.4, -0.2) is 36.0 Å². The van der Waals surface area contributed by atoms with Gasteiger partial charge in [0.2, 0.25) is 11.1 Å². The third-order valence-corrected chi connectivity index (χ3v) is 5.93. The van der Waals surface area contributed by atoms with E-state index in [0.717, 1.165) is 11.0 Å². The molecule has 2 aromatic heterocycles. The molecule has 0 saturated heterocycles. The van der Waals surface area contributed by atoms with Crippen molar-refractivity contribution in [1.29, 1.82) is 0 Å². The lowest BCUT2D eigenvalue weighted by molar-refractivity contribution is -0.113. The fraction of sp³-hybridized carbons (Fsp3) is 0.158. The van der Waals surface area contributed by atoms with Crippen LogP contribution in [0.25, 0.3) is 22.4 Å². The van der Waals surface area contributed by atoms with Crippen LogP contribution in [-0.2, 0) is 18.9 Å². The highest BCUT2D eigenvalue weighted by Gasteiger charge is 2.13. The van der Waals surface area contributed by atoms with Gasteiger partial charge < -0.3 is 5.32 Å². The van der Waals surface area contributed by atoms with Gasteiger partial charge >= 0.3 is 5.69 Å². The molecule has 4 aromatic rings. The number of anilines is 1. The van der Waals surface area contributed by atoms with E-state index in [0.29, 0.717) is 32.3 Å². The van der Waals surface area contributed by atoms with E-state index in [1.54, 1.807) is 55.1 Å². The highest BCUT2D eigenvalue weighted by atomic mass is 35.5. The molecule has 154 valence electrons. The van der Waals surface area contributed by atoms with Crippen molar-refractivity contribution in [2.45, 2.75) is 5.16 Å². The number of H-pyrrole nitrogens is 1. The van der Waals surface area contributed by atoms with E-state index in [4.69, 9.17) is 23.2 Å². The van der Waals surface area contributed by atoms with Crippen molar-refractivity contribution in [1.82, 2.24) is 24.3 Å². The summed E-state index contributed by atoms with van der Waals surface area (Å²) in [6, 6.07) is 10.4. The van der Waals surface area contributed by atoms with Gasteiger partial charge in [-0.3, -0.25) is 19.0 Å². The number of carbonyl (C=O) groups is 1. The minimum absolute atomic E-state index is 0.120. The third-order valence-electron chi connectivity index (χ3n) is 4.54. The molecule has 1 amide bonds. The van der Waals surface area contributed by atoms with Crippen LogP contribution in [0.1, 0.15) is 0 Å². The van der Waals surface area contributed by atoms with Crippen LogP contribution in [0.3, 0.4) is 0 Å². The maximum atomic E-state index is 12.3. The van der Waals surface area contributed by atoms with Gasteiger partial charge in [-0.15, -0.1) is 5.10 Å². The summed E-state index contributed by atoms with van der Waals surface area (Å²) in [5.74, 6) is 0.406. The zero-order valence-electron chi connectivity index (χ0n) is 15.9. The van der Waals surface area contributed by atoms with Crippen LogP contribution in [0, 0.1) is 0 Å². The molecule has 30 heavy (non-hydrogen) atoms. The lowest BCUT2D eigenvalue weighted by Gasteiger charge is -2.05. The summed E-state index contributed by atoms with van der Waals surface area (Å²) in [5, 5.41) is 11.2. The van der Waals surface area contributed by atoms with E-state index in [1.165, 1.54) is 16.3 Å². The summed E-state index contributed by atoms with van der Waals surface area (Å²) in [7, 11) is 3.40. The number of aromatic nitrogens is 5. The summed E-state index contributed by atoms with van der Waals surface area (Å²) in [5.41, 5.74) is 2.70. The minimum Gasteiger partial charge on any atom is -0.325 e. The number of halogens is 2. The molecule has 11 heteroatoms. The molecular weight excluding hydrogens is 447 g/mol. The van der Waals surface area contributed by atoms with E-state index in [1.807, 2.05) is 0 Å². The van der Waals surface area contributed by atoms with E-state index in [-0.39, 0.29) is 17.3 Å². The Morgan fingerprint density at radius 1 is 1.13 bits per heavy atom. The Morgan fingerprint density at radius 3 is 2.67 bits per heavy atom. The number of aryl methyl sites for hydroxylation is 2. The maximum absolute atomic E-state index is 12.3. The number of imidazole rings is 1. The van der Waals surface area contributed by atoms with Crippen LogP contribution in [0.5, 0.6) is 0 Å². The van der Waals surface area contributed by atoms with Gasteiger partial charge in [-0.2, -0.15) is 0 Å². The molecule has 2 aromatic carbocycles. The summed E-state index contributed by atoms with van der Waals surface area (Å²) in [6.07, 6.45) is 0. The molecule has 0 fully saturated rings. The molecule has 0 spiro atoms. The van der Waals surface area contributed by atoms with Gasteiger partial charge in [0, 0.05) is 30.4 Å². The number of nitrogens with one attached hydrogen (secondary N) is 2. The number of nitrogens with zero attached hydrogens (tertiary/aromatic N) is 4. The molecule has 0 radical (unpaired) electrons. The van der Waals surface area contributed by atoms with Crippen LogP contribution in [0.4, 0.5) is 5.69 Å². The topological polar surface area (TPSA) is 97.6 Å². The number of benzene rings is 2. The van der Waals surface area contributed by atoms with E-state index < -0.39 is 0 Å². The normalized spacial score (nSPS) is 11.2. The van der Waals surface area contributed by atoms with Crippen molar-refractivity contribution in [3.8, 4) is 11.4 Å². The molecule has 0 unspecified atom stereocenters. The van der Waals surface area contributed by atoms with Gasteiger partial charge in [0.25, 0.3) is 0 Å². The average molecular weight is 463 g/mol. The number of hydrogen-bond donors (Lipinski definition) is 2. The lowest BCUT2D eigenvalue weighted by atomic mass is 10.2. The number of amides is 1. The first-order chi connectivity index (χ1) is 14.3. The van der Waals surface area contributed by atoms with Crippen molar-refractivity contribution in [3.05, 3.63) is 56.9 Å². The fourth-order valence-electron chi connectivity index (χ4n) is 3.02. The Bertz CT molecular complexity index is 1330. The van der Waals surface area contributed by atoms with Crippen LogP contribution < -0.4 is 11.0 Å². The zero-order chi connectivity index (χ0) is 21.4. The molecule has 0 aliphatic carbocycles. The highest BCUT2D eigenvalue weighted by molar-refractivity contribution is 7.99. The van der Waals surface area contributed by atoms with Crippen molar-refractivity contribution in [3.63, 3.8) is 0 Å². The lowest BCUT2D eigenvalue weighted by Crippen LogP contribution is -2.19. The van der Waals surface area contributed by atoms with Gasteiger partial charge in [-0.25, -0.2) is 9.78 Å². The number of hydrogen-bond acceptors (Lipinski definition) is 5. The SMILES string of the molecule is Cn1c(=O)n(C)c2cc(NC(=O)CSc3n[nH]c(-c4ccc(Cl)cc4Cl)n3)ccc21. The van der Waals surface area contributed by atoms with Crippen molar-refractivity contribution < 1.29 is 4.79 Å². The largest absolute Gasteiger partial charge is 0.328 e. The molecule has 0 saturated carbocycles. The first kappa shape index (κ1) is 20.5. The van der Waals surface area contributed by atoms with Gasteiger partial charge in [-0.1, -0.05) is 35.0 Å². The summed E-state index contributed by atoms with van der Waals surface area (Å²) in [6.45, 7) is 0. The zero-order valence-corrected chi connectivity index (χ0v) is 18.3. The summed E-state index contributed by atoms with van der Waals surface area (Å²) >= 11 is 13.3. The van der Waals surface area contributed by atoms with Crippen LogP contribution >= 0.6 is 35.0 Å². The van der Waals surface area contributed by atoms with Crippen LogP contribution in [0.15, 0.2) is 46.3 Å². The highest BCUT2D eigenvalue weighted by Crippen LogP contribution is 2.29. The predicted molar refractivity (Wildman–Crippen MR) is 119 cm³/mol. The number of thioether (sulfide) groups is 1. The molecule has 0 atom stereocenters. The van der Waals surface area contributed by atoms with Crippen molar-refractivity contribution >= 4 is 57.6 Å². The first-order valence-electron chi connectivity index (χ1n) is 8.79. The van der Waals surface area contributed by atoms with E-state index >= 15 is 0 Å². The molecular formula is C19H16Cl2N6O2S. The maximum Gasteiger partial charge on any atom is 0.328 e. The second kappa shape index (κ2) is 8.17. The Morgan fingerprint density at radius 2 is 1.90 bits per heavy atom. The molecule has 8 nitrogen and oxygen atoms in total. The molecule has 2 heterocycles. The number of fused-ring (bicyclic) bond motifs is 1. The molecule has 2 N–H and O–H groups in total. The number of aromatic amines is 1. The number of rotatable bonds is 5. The van der Waals surface area contributed by atoms with Gasteiger partial charge in [0.1, 0.15) is 0 Å². The number of carbonyl (C=O) groups excluding carboxylic acids is 1. The third kappa shape index (κ3) is 3.96. The molecule has 0 aliphatic rings. The Hall–Kier alpha value is -2.75. The molecule has 0 bridgehead atoms. The molecule has 0 aliphatic heterocycles. The van der Waals surface area contributed by atoms with Crippen molar-refractivity contribution in [2.75, 3.05) is 11.1 Å². The van der Waals surface area contributed by atoms with Gasteiger partial charge in [0.15, 0.2) is 5.82 Å². The average Bonchev–Trinajstić information content (AvgIpc) is 3.26. The Kier molecular flexibility index (Phi) is 5.59. The standard InChI is InChI=1S/C19H16Cl2N6O2S/c1-26-14-6-4-11(8-15(14)27(2)19(26)29)22-16(28)9-30-18-23-17(24-25-18)12-5-3-10(20)7-13(12)21/h3-8H,9H2,1-2H3,(H,22,28)(H,23,24,25). The van der Waals surface area contributed by atoms with Crippen molar-refractivity contribution in [2.24, 2.45) is 14.1 Å².